The predicted octanol–water partition coefficient (Wildman–Crippen LogP) is 4.84. The molecule has 1 atom stereocenters. The topological polar surface area (TPSA) is 117 Å². The maximum Gasteiger partial charge on any atom is 0.330 e. The van der Waals surface area contributed by atoms with Gasteiger partial charge in [-0.25, -0.2) is 18.7 Å². The Balaban J connectivity index is 1.55. The van der Waals surface area contributed by atoms with Crippen molar-refractivity contribution in [3.8, 4) is 16.9 Å². The van der Waals surface area contributed by atoms with Gasteiger partial charge in [0.1, 0.15) is 17.1 Å². The lowest BCUT2D eigenvalue weighted by atomic mass is 9.84. The molecule has 0 spiro atoms. The first-order chi connectivity index (χ1) is 17.4. The van der Waals surface area contributed by atoms with E-state index in [1.807, 2.05) is 0 Å². The highest BCUT2D eigenvalue weighted by Gasteiger charge is 2.28. The fourth-order valence-electron chi connectivity index (χ4n) is 4.89. The van der Waals surface area contributed by atoms with Gasteiger partial charge in [0.2, 0.25) is 0 Å². The van der Waals surface area contributed by atoms with Crippen LogP contribution in [0.15, 0.2) is 60.9 Å². The Bertz CT molecular complexity index is 1410. The highest BCUT2D eigenvalue weighted by molar-refractivity contribution is 6.01. The van der Waals surface area contributed by atoms with Crippen LogP contribution in [-0.2, 0) is 4.79 Å². The summed E-state index contributed by atoms with van der Waals surface area (Å²) in [4.78, 5) is 29.6. The van der Waals surface area contributed by atoms with Crippen LogP contribution in [0.1, 0.15) is 65.7 Å². The molecular formula is C27H25FN4O4. The van der Waals surface area contributed by atoms with Gasteiger partial charge in [0.05, 0.1) is 11.9 Å². The van der Waals surface area contributed by atoms with Crippen LogP contribution in [0.2, 0.25) is 0 Å². The first kappa shape index (κ1) is 23.5. The number of carboxylic acid groups (broad SMARTS) is 1. The van der Waals surface area contributed by atoms with Crippen molar-refractivity contribution in [3.63, 3.8) is 0 Å². The van der Waals surface area contributed by atoms with Crippen LogP contribution in [0.3, 0.4) is 0 Å². The molecule has 1 aliphatic rings. The molecule has 36 heavy (non-hydrogen) atoms. The number of hydrogen-bond acceptors (Lipinski definition) is 5. The Morgan fingerprint density at radius 2 is 1.69 bits per heavy atom. The minimum atomic E-state index is -1.32. The van der Waals surface area contributed by atoms with Crippen molar-refractivity contribution in [2.75, 3.05) is 0 Å². The lowest BCUT2D eigenvalue weighted by Gasteiger charge is -2.25. The van der Waals surface area contributed by atoms with Gasteiger partial charge in [0.25, 0.3) is 5.91 Å². The maximum atomic E-state index is 13.6. The van der Waals surface area contributed by atoms with Crippen LogP contribution < -0.4 is 5.32 Å². The molecule has 0 radical (unpaired) electrons. The molecule has 1 fully saturated rings. The number of rotatable bonds is 6. The van der Waals surface area contributed by atoms with Crippen LogP contribution in [0.5, 0.6) is 5.75 Å². The Morgan fingerprint density at radius 3 is 2.36 bits per heavy atom. The standard InChI is InChI=1S/C27H25FN4O4/c28-19-10-6-16(7-11-19)21-14-29-25-22(15-30-32(25)24(21)18-4-2-1-3-5-18)26(34)31-23(27(35)36)17-8-12-20(33)13-9-17/h6-15,18,23,33H,1-5H2,(H,31,34)(H,35,36). The van der Waals surface area contributed by atoms with Crippen molar-refractivity contribution >= 4 is 17.5 Å². The van der Waals surface area contributed by atoms with E-state index in [0.717, 1.165) is 48.9 Å². The van der Waals surface area contributed by atoms with Crippen molar-refractivity contribution in [2.24, 2.45) is 0 Å². The second kappa shape index (κ2) is 9.77. The molecule has 1 amide bonds. The summed E-state index contributed by atoms with van der Waals surface area (Å²) < 4.78 is 15.2. The summed E-state index contributed by atoms with van der Waals surface area (Å²) in [5, 5.41) is 26.3. The molecule has 1 unspecified atom stereocenters. The minimum absolute atomic E-state index is 0.00625. The third-order valence-electron chi connectivity index (χ3n) is 6.70. The number of aromatic nitrogens is 3. The smallest absolute Gasteiger partial charge is 0.330 e. The molecule has 0 bridgehead atoms. The molecule has 1 saturated carbocycles. The van der Waals surface area contributed by atoms with Gasteiger partial charge in [-0.1, -0.05) is 43.5 Å². The van der Waals surface area contributed by atoms with E-state index < -0.39 is 17.9 Å². The lowest BCUT2D eigenvalue weighted by Crippen LogP contribution is -2.33. The number of fused-ring (bicyclic) bond motifs is 1. The Hall–Kier alpha value is -4.27. The van der Waals surface area contributed by atoms with Gasteiger partial charge in [-0.15, -0.1) is 0 Å². The molecule has 2 heterocycles. The van der Waals surface area contributed by atoms with E-state index in [2.05, 4.69) is 15.4 Å². The normalized spacial score (nSPS) is 15.0. The molecule has 4 aromatic rings. The summed E-state index contributed by atoms with van der Waals surface area (Å²) in [6.07, 6.45) is 8.34. The lowest BCUT2D eigenvalue weighted by molar-refractivity contribution is -0.139. The van der Waals surface area contributed by atoms with Crippen molar-refractivity contribution in [1.29, 1.82) is 0 Å². The van der Waals surface area contributed by atoms with Gasteiger partial charge in [-0.2, -0.15) is 5.10 Å². The van der Waals surface area contributed by atoms with Crippen molar-refractivity contribution in [3.05, 3.63) is 83.6 Å². The molecule has 2 aromatic carbocycles. The number of amides is 1. The Morgan fingerprint density at radius 1 is 1.00 bits per heavy atom. The molecule has 3 N–H and O–H groups in total. The van der Waals surface area contributed by atoms with Crippen molar-refractivity contribution in [2.45, 2.75) is 44.1 Å². The number of phenolic OH excluding ortho intramolecular Hbond substituents is 1. The number of carboxylic acids is 1. The zero-order valence-corrected chi connectivity index (χ0v) is 19.4. The van der Waals surface area contributed by atoms with Gasteiger partial charge in [-0.3, -0.25) is 4.79 Å². The predicted molar refractivity (Wildman–Crippen MR) is 130 cm³/mol. The molecule has 184 valence electrons. The zero-order valence-electron chi connectivity index (χ0n) is 19.4. The molecule has 0 aliphatic heterocycles. The first-order valence-corrected chi connectivity index (χ1v) is 11.9. The monoisotopic (exact) mass is 488 g/mol. The summed E-state index contributed by atoms with van der Waals surface area (Å²) in [5.74, 6) is -1.99. The number of phenols is 1. The average Bonchev–Trinajstić information content (AvgIpc) is 3.32. The summed E-state index contributed by atoms with van der Waals surface area (Å²) in [6.45, 7) is 0. The van der Waals surface area contributed by atoms with E-state index in [0.29, 0.717) is 11.2 Å². The largest absolute Gasteiger partial charge is 0.508 e. The van der Waals surface area contributed by atoms with Gasteiger partial charge >= 0.3 is 5.97 Å². The van der Waals surface area contributed by atoms with Crippen molar-refractivity contribution in [1.82, 2.24) is 19.9 Å². The summed E-state index contributed by atoms with van der Waals surface area (Å²) in [6, 6.07) is 10.5. The molecule has 5 rings (SSSR count). The van der Waals surface area contributed by atoms with Crippen LogP contribution in [0.25, 0.3) is 16.8 Å². The average molecular weight is 489 g/mol. The van der Waals surface area contributed by atoms with Crippen LogP contribution in [0, 0.1) is 5.82 Å². The zero-order chi connectivity index (χ0) is 25.2. The highest BCUT2D eigenvalue weighted by Crippen LogP contribution is 2.38. The molecule has 1 aliphatic carbocycles. The Kier molecular flexibility index (Phi) is 6.37. The molecule has 9 heteroatoms. The number of benzene rings is 2. The number of aliphatic carboxylic acids is 1. The second-order valence-corrected chi connectivity index (χ2v) is 9.03. The number of carbonyl (C=O) groups is 2. The van der Waals surface area contributed by atoms with Crippen LogP contribution in [-0.4, -0.2) is 36.7 Å². The number of nitrogens with one attached hydrogen (secondary N) is 1. The van der Waals surface area contributed by atoms with E-state index in [1.54, 1.807) is 22.8 Å². The van der Waals surface area contributed by atoms with Crippen LogP contribution in [0.4, 0.5) is 4.39 Å². The van der Waals surface area contributed by atoms with E-state index in [9.17, 15) is 24.2 Å². The van der Waals surface area contributed by atoms with Crippen molar-refractivity contribution < 1.29 is 24.2 Å². The van der Waals surface area contributed by atoms with Gasteiger partial charge in [0.15, 0.2) is 11.7 Å². The molecule has 0 saturated heterocycles. The highest BCUT2D eigenvalue weighted by atomic mass is 19.1. The quantitative estimate of drug-likeness (QED) is 0.357. The van der Waals surface area contributed by atoms with E-state index in [1.165, 1.54) is 42.6 Å². The van der Waals surface area contributed by atoms with Crippen LogP contribution >= 0.6 is 0 Å². The Labute approximate surface area is 206 Å². The van der Waals surface area contributed by atoms with Gasteiger partial charge in [-0.05, 0) is 48.2 Å². The molecule has 2 aromatic heterocycles. The number of hydrogen-bond donors (Lipinski definition) is 3. The fraction of sp³-hybridized carbons (Fsp3) is 0.259. The first-order valence-electron chi connectivity index (χ1n) is 11.9. The SMILES string of the molecule is O=C(NC(C(=O)O)c1ccc(O)cc1)c1cnn2c(C3CCCCC3)c(-c3ccc(F)cc3)cnc12. The number of carbonyl (C=O) groups excluding carboxylic acids is 1. The summed E-state index contributed by atoms with van der Waals surface area (Å²) >= 11 is 0. The second-order valence-electron chi connectivity index (χ2n) is 9.03. The summed E-state index contributed by atoms with van der Waals surface area (Å²) in [5.41, 5.74) is 3.36. The van der Waals surface area contributed by atoms with E-state index in [4.69, 9.17) is 0 Å². The number of aromatic hydroxyl groups is 1. The number of halogens is 1. The third-order valence-corrected chi connectivity index (χ3v) is 6.70. The minimum Gasteiger partial charge on any atom is -0.508 e. The third kappa shape index (κ3) is 4.51. The molecular weight excluding hydrogens is 463 g/mol. The van der Waals surface area contributed by atoms with E-state index >= 15 is 0 Å². The van der Waals surface area contributed by atoms with Gasteiger partial charge < -0.3 is 15.5 Å². The summed E-state index contributed by atoms with van der Waals surface area (Å²) in [7, 11) is 0. The number of nitrogens with zero attached hydrogens (tertiary/aromatic N) is 3. The fourth-order valence-corrected chi connectivity index (χ4v) is 4.89. The maximum absolute atomic E-state index is 13.6. The molecule has 8 nitrogen and oxygen atoms in total. The van der Waals surface area contributed by atoms with E-state index in [-0.39, 0.29) is 23.0 Å². The van der Waals surface area contributed by atoms with Gasteiger partial charge in [0, 0.05) is 17.7 Å².